The molecule has 0 atom stereocenters. The van der Waals surface area contributed by atoms with Gasteiger partial charge in [0.2, 0.25) is 0 Å². The number of Topliss-reactive ketones (excluding diaryl/α,β-unsaturated/α-hetero) is 1. The van der Waals surface area contributed by atoms with E-state index in [9.17, 15) is 19.5 Å². The number of fused-ring (bicyclic) bond motifs is 1. The topological polar surface area (TPSA) is 115 Å². The van der Waals surface area contributed by atoms with Gasteiger partial charge in [0.15, 0.2) is 5.78 Å². The molecule has 0 saturated carbocycles. The molecular weight excluding hydrogens is 570 g/mol. The van der Waals surface area contributed by atoms with Crippen molar-refractivity contribution in [1.82, 2.24) is 4.57 Å². The van der Waals surface area contributed by atoms with Gasteiger partial charge in [0, 0.05) is 24.9 Å². The molecule has 0 aliphatic carbocycles. The first kappa shape index (κ1) is 32.8. The maximum absolute atomic E-state index is 13.1. The van der Waals surface area contributed by atoms with Crippen LogP contribution in [0.5, 0.6) is 11.5 Å². The standard InChI is InChI=1S/C37H39NO7/c1-24-22-25(2)37(26(3)23-24)45-21-6-5-20-44-29-14-11-27(12-15-29)10-13-28-8-7-9-30-35(32(39)17-19-34(42)43)31(16-18-33(40)41)38(4)36(28)30/h7-16,18,22-23H,5-6,17,19-21H2,1-4H3,(H,40,41)(H,42,43). The van der Waals surface area contributed by atoms with Crippen LogP contribution in [0.3, 0.4) is 0 Å². The molecule has 234 valence electrons. The number of unbranched alkanes of at least 4 members (excludes halogenated alkanes) is 1. The first-order valence-corrected chi connectivity index (χ1v) is 14.9. The van der Waals surface area contributed by atoms with E-state index < -0.39 is 11.9 Å². The molecule has 1 aromatic heterocycles. The zero-order valence-electron chi connectivity index (χ0n) is 26.1. The number of benzene rings is 3. The van der Waals surface area contributed by atoms with Gasteiger partial charge in [0.1, 0.15) is 11.5 Å². The van der Waals surface area contributed by atoms with Crippen molar-refractivity contribution >= 4 is 46.9 Å². The Bertz CT molecular complexity index is 1740. The van der Waals surface area contributed by atoms with Crippen LogP contribution in [0.25, 0.3) is 29.1 Å². The Labute approximate surface area is 263 Å². The van der Waals surface area contributed by atoms with Crippen molar-refractivity contribution in [3.63, 3.8) is 0 Å². The minimum absolute atomic E-state index is 0.183. The Morgan fingerprint density at radius 3 is 2.13 bits per heavy atom. The average Bonchev–Trinajstić information content (AvgIpc) is 3.28. The van der Waals surface area contributed by atoms with Crippen molar-refractivity contribution in [3.8, 4) is 11.5 Å². The zero-order chi connectivity index (χ0) is 32.5. The lowest BCUT2D eigenvalue weighted by molar-refractivity contribution is -0.137. The minimum Gasteiger partial charge on any atom is -0.494 e. The van der Waals surface area contributed by atoms with Crippen molar-refractivity contribution in [1.29, 1.82) is 0 Å². The van der Waals surface area contributed by atoms with Crippen molar-refractivity contribution in [2.75, 3.05) is 13.2 Å². The number of carbonyl (C=O) groups excluding carboxylic acids is 1. The molecule has 3 aromatic carbocycles. The van der Waals surface area contributed by atoms with E-state index in [1.807, 2.05) is 48.6 Å². The van der Waals surface area contributed by atoms with Crippen LogP contribution in [-0.4, -0.2) is 45.7 Å². The summed E-state index contributed by atoms with van der Waals surface area (Å²) in [6.07, 6.45) is 7.51. The molecule has 0 saturated heterocycles. The Hall–Kier alpha value is -5.11. The summed E-state index contributed by atoms with van der Waals surface area (Å²) in [5, 5.41) is 18.9. The molecule has 0 bridgehead atoms. The summed E-state index contributed by atoms with van der Waals surface area (Å²) in [5.41, 5.74) is 6.80. The van der Waals surface area contributed by atoms with Crippen LogP contribution in [0.2, 0.25) is 0 Å². The molecule has 0 aliphatic heterocycles. The number of carbonyl (C=O) groups is 3. The second-order valence-electron chi connectivity index (χ2n) is 11.1. The molecule has 0 radical (unpaired) electrons. The summed E-state index contributed by atoms with van der Waals surface area (Å²) in [4.78, 5) is 35.4. The predicted molar refractivity (Wildman–Crippen MR) is 177 cm³/mol. The molecule has 0 amide bonds. The maximum Gasteiger partial charge on any atom is 0.328 e. The van der Waals surface area contributed by atoms with Crippen LogP contribution >= 0.6 is 0 Å². The molecular formula is C37H39NO7. The molecule has 8 heteroatoms. The van der Waals surface area contributed by atoms with E-state index in [1.165, 1.54) is 11.6 Å². The van der Waals surface area contributed by atoms with Gasteiger partial charge in [0.05, 0.1) is 36.4 Å². The number of ether oxygens (including phenoxy) is 2. The molecule has 2 N–H and O–H groups in total. The van der Waals surface area contributed by atoms with Gasteiger partial charge < -0.3 is 24.3 Å². The SMILES string of the molecule is Cc1cc(C)c(OCCCCOc2ccc(C=Cc3cccc4c(C(=O)CCC(=O)O)c(C=CC(=O)O)n(C)c34)cc2)c(C)c1. The fraction of sp³-hybridized carbons (Fsp3) is 0.270. The van der Waals surface area contributed by atoms with E-state index in [2.05, 4.69) is 32.9 Å². The fourth-order valence-electron chi connectivity index (χ4n) is 5.51. The largest absolute Gasteiger partial charge is 0.494 e. The highest BCUT2D eigenvalue weighted by atomic mass is 16.5. The Kier molecular flexibility index (Phi) is 11.0. The van der Waals surface area contributed by atoms with Crippen molar-refractivity contribution in [3.05, 3.63) is 99.7 Å². The quantitative estimate of drug-likeness (QED) is 0.0615. The molecule has 0 aliphatic rings. The van der Waals surface area contributed by atoms with Gasteiger partial charge in [-0.3, -0.25) is 9.59 Å². The summed E-state index contributed by atoms with van der Waals surface area (Å²) < 4.78 is 13.7. The van der Waals surface area contributed by atoms with Crippen molar-refractivity contribution < 1.29 is 34.1 Å². The van der Waals surface area contributed by atoms with Gasteiger partial charge in [-0.05, 0) is 74.1 Å². The van der Waals surface area contributed by atoms with Crippen LogP contribution < -0.4 is 9.47 Å². The molecule has 0 unspecified atom stereocenters. The number of hydrogen-bond acceptors (Lipinski definition) is 5. The van der Waals surface area contributed by atoms with E-state index in [-0.39, 0.29) is 18.6 Å². The van der Waals surface area contributed by atoms with Gasteiger partial charge in [0.25, 0.3) is 0 Å². The van der Waals surface area contributed by atoms with E-state index in [1.54, 1.807) is 17.7 Å². The second-order valence-corrected chi connectivity index (χ2v) is 11.1. The predicted octanol–water partition coefficient (Wildman–Crippen LogP) is 7.66. The van der Waals surface area contributed by atoms with Crippen LogP contribution in [0.1, 0.15) is 69.6 Å². The van der Waals surface area contributed by atoms with E-state index in [4.69, 9.17) is 14.6 Å². The van der Waals surface area contributed by atoms with Gasteiger partial charge in [-0.2, -0.15) is 0 Å². The Morgan fingerprint density at radius 1 is 0.822 bits per heavy atom. The highest BCUT2D eigenvalue weighted by molar-refractivity contribution is 6.13. The summed E-state index contributed by atoms with van der Waals surface area (Å²) in [6.45, 7) is 7.46. The number of rotatable bonds is 15. The van der Waals surface area contributed by atoms with Crippen molar-refractivity contribution in [2.24, 2.45) is 7.05 Å². The monoisotopic (exact) mass is 609 g/mol. The maximum atomic E-state index is 13.1. The van der Waals surface area contributed by atoms with E-state index in [0.717, 1.165) is 58.2 Å². The molecule has 0 fully saturated rings. The molecule has 45 heavy (non-hydrogen) atoms. The lowest BCUT2D eigenvalue weighted by atomic mass is 10.0. The van der Waals surface area contributed by atoms with Crippen LogP contribution in [0.4, 0.5) is 0 Å². The molecule has 8 nitrogen and oxygen atoms in total. The van der Waals surface area contributed by atoms with E-state index in [0.29, 0.717) is 29.9 Å². The summed E-state index contributed by atoms with van der Waals surface area (Å²) in [7, 11) is 1.76. The van der Waals surface area contributed by atoms with Crippen LogP contribution in [-0.2, 0) is 16.6 Å². The minimum atomic E-state index is -1.14. The fourth-order valence-corrected chi connectivity index (χ4v) is 5.51. The van der Waals surface area contributed by atoms with Gasteiger partial charge in [-0.25, -0.2) is 4.79 Å². The Morgan fingerprint density at radius 2 is 1.49 bits per heavy atom. The number of hydrogen-bond donors (Lipinski definition) is 2. The highest BCUT2D eigenvalue weighted by Crippen LogP contribution is 2.32. The third-order valence-electron chi connectivity index (χ3n) is 7.51. The van der Waals surface area contributed by atoms with E-state index >= 15 is 0 Å². The third kappa shape index (κ3) is 8.50. The van der Waals surface area contributed by atoms with Crippen molar-refractivity contribution in [2.45, 2.75) is 46.5 Å². The van der Waals surface area contributed by atoms with Crippen LogP contribution in [0.15, 0.2) is 60.7 Å². The second kappa shape index (κ2) is 15.1. The average molecular weight is 610 g/mol. The number of carboxylic acids is 2. The number of aromatic nitrogens is 1. The Balaban J connectivity index is 1.41. The highest BCUT2D eigenvalue weighted by Gasteiger charge is 2.21. The lowest BCUT2D eigenvalue weighted by Crippen LogP contribution is -2.06. The summed E-state index contributed by atoms with van der Waals surface area (Å²) in [5.74, 6) is -0.821. The van der Waals surface area contributed by atoms with Gasteiger partial charge in [-0.1, -0.05) is 60.2 Å². The zero-order valence-corrected chi connectivity index (χ0v) is 26.1. The van der Waals surface area contributed by atoms with Gasteiger partial charge in [-0.15, -0.1) is 0 Å². The number of carboxylic acid groups (broad SMARTS) is 2. The number of aliphatic carboxylic acids is 2. The molecule has 4 aromatic rings. The number of ketones is 1. The number of aryl methyl sites for hydroxylation is 4. The smallest absolute Gasteiger partial charge is 0.328 e. The number of para-hydroxylation sites is 1. The van der Waals surface area contributed by atoms with Crippen LogP contribution in [0, 0.1) is 20.8 Å². The first-order valence-electron chi connectivity index (χ1n) is 14.9. The lowest BCUT2D eigenvalue weighted by Gasteiger charge is -2.13. The molecule has 0 spiro atoms. The first-order chi connectivity index (χ1) is 21.5. The summed E-state index contributed by atoms with van der Waals surface area (Å²) in [6, 6.07) is 17.6. The summed E-state index contributed by atoms with van der Waals surface area (Å²) >= 11 is 0. The van der Waals surface area contributed by atoms with Gasteiger partial charge >= 0.3 is 11.9 Å². The number of nitrogens with zero attached hydrogens (tertiary/aromatic N) is 1. The normalized spacial score (nSPS) is 11.5. The third-order valence-corrected chi connectivity index (χ3v) is 7.51. The molecule has 4 rings (SSSR count). The molecule has 1 heterocycles.